The molecule has 0 saturated heterocycles. The fourth-order valence-corrected chi connectivity index (χ4v) is 2.43. The van der Waals surface area contributed by atoms with E-state index in [0.29, 0.717) is 10.2 Å². The molecular weight excluding hydrogens is 377 g/mol. The first-order valence-corrected chi connectivity index (χ1v) is 7.13. The van der Waals surface area contributed by atoms with Gasteiger partial charge in [-0.3, -0.25) is 4.52 Å². The number of aliphatic hydroxyl groups excluding tert-OH is 1. The first kappa shape index (κ1) is 15.4. The minimum atomic E-state index is -0.789. The molecule has 120 valence electrons. The zero-order valence-corrected chi connectivity index (χ0v) is 12.9. The van der Waals surface area contributed by atoms with Gasteiger partial charge in [0.1, 0.15) is 5.82 Å². The van der Waals surface area contributed by atoms with E-state index in [1.54, 1.807) is 0 Å². The fraction of sp³-hybridized carbons (Fsp3) is 0.167. The molecule has 0 atom stereocenters. The van der Waals surface area contributed by atoms with Crippen molar-refractivity contribution in [2.24, 2.45) is 0 Å². The minimum absolute atomic E-state index is 0.0176. The molecule has 0 saturated carbocycles. The summed E-state index contributed by atoms with van der Waals surface area (Å²) in [4.78, 5) is 12.0. The Morgan fingerprint density at radius 3 is 2.91 bits per heavy atom. The van der Waals surface area contributed by atoms with Crippen molar-refractivity contribution in [1.29, 1.82) is 0 Å². The molecule has 0 radical (unpaired) electrons. The van der Waals surface area contributed by atoms with Gasteiger partial charge in [0, 0.05) is 11.0 Å². The molecule has 3 aromatic rings. The number of aromatic nitrogens is 4. The van der Waals surface area contributed by atoms with E-state index in [2.05, 4.69) is 45.9 Å². The van der Waals surface area contributed by atoms with Crippen LogP contribution in [0.2, 0.25) is 0 Å². The Morgan fingerprint density at radius 1 is 1.35 bits per heavy atom. The quantitative estimate of drug-likeness (QED) is 0.671. The summed E-state index contributed by atoms with van der Waals surface area (Å²) in [6.07, 6.45) is 0. The Kier molecular flexibility index (Phi) is 4.21. The zero-order valence-electron chi connectivity index (χ0n) is 11.4. The lowest BCUT2D eigenvalue weighted by atomic mass is 10.3. The average molecular weight is 386 g/mol. The highest BCUT2D eigenvalue weighted by molar-refractivity contribution is 9.10. The van der Waals surface area contributed by atoms with Gasteiger partial charge in [-0.05, 0) is 44.4 Å². The van der Waals surface area contributed by atoms with Crippen LogP contribution in [0.1, 0.15) is 0 Å². The van der Waals surface area contributed by atoms with Crippen LogP contribution in [0.3, 0.4) is 0 Å². The van der Waals surface area contributed by atoms with Crippen LogP contribution in [-0.2, 0) is 0 Å². The van der Waals surface area contributed by atoms with E-state index in [1.165, 1.54) is 18.2 Å². The van der Waals surface area contributed by atoms with Gasteiger partial charge in [0.2, 0.25) is 11.6 Å². The Morgan fingerprint density at radius 2 is 2.17 bits per heavy atom. The molecule has 0 aliphatic heterocycles. The fourth-order valence-electron chi connectivity index (χ4n) is 1.90. The van der Waals surface area contributed by atoms with Gasteiger partial charge in [-0.2, -0.15) is 0 Å². The number of halogens is 2. The summed E-state index contributed by atoms with van der Waals surface area (Å²) in [6.45, 7) is 0.0605. The highest BCUT2D eigenvalue weighted by Gasteiger charge is 2.23. The molecule has 0 unspecified atom stereocenters. The maximum absolute atomic E-state index is 13.2. The van der Waals surface area contributed by atoms with E-state index in [-0.39, 0.29) is 30.5 Å². The van der Waals surface area contributed by atoms with Gasteiger partial charge in [0.25, 0.3) is 0 Å². The number of hydrogen-bond acceptors (Lipinski definition) is 8. The third-order valence-corrected chi connectivity index (χ3v) is 3.49. The first-order chi connectivity index (χ1) is 11.1. The van der Waals surface area contributed by atoms with Crippen molar-refractivity contribution in [3.05, 3.63) is 39.0 Å². The molecule has 0 aliphatic rings. The summed E-state index contributed by atoms with van der Waals surface area (Å²) in [7, 11) is 0. The van der Waals surface area contributed by atoms with Gasteiger partial charge in [-0.15, -0.1) is 0 Å². The molecule has 11 heteroatoms. The molecule has 2 aromatic heterocycles. The molecule has 23 heavy (non-hydrogen) atoms. The predicted molar refractivity (Wildman–Crippen MR) is 78.6 cm³/mol. The first-order valence-electron chi connectivity index (χ1n) is 6.33. The number of anilines is 1. The van der Waals surface area contributed by atoms with Crippen LogP contribution in [0.25, 0.3) is 17.2 Å². The molecule has 1 aromatic carbocycles. The van der Waals surface area contributed by atoms with E-state index in [1.807, 2.05) is 0 Å². The normalized spacial score (nSPS) is 10.9. The minimum Gasteiger partial charge on any atom is -0.395 e. The van der Waals surface area contributed by atoms with Crippen LogP contribution < -0.4 is 11.1 Å². The third kappa shape index (κ3) is 2.87. The molecule has 9 nitrogen and oxygen atoms in total. The Bertz CT molecular complexity index is 890. The van der Waals surface area contributed by atoms with Gasteiger partial charge in [0.05, 0.1) is 12.3 Å². The number of nitrogens with zero attached hydrogens (tertiary/aromatic N) is 4. The second-order valence-electron chi connectivity index (χ2n) is 4.32. The smallest absolute Gasteiger partial charge is 0.395 e. The lowest BCUT2D eigenvalue weighted by molar-refractivity contribution is 0.304. The Balaban J connectivity index is 2.13. The van der Waals surface area contributed by atoms with E-state index < -0.39 is 11.6 Å². The molecule has 0 amide bonds. The second-order valence-corrected chi connectivity index (χ2v) is 5.17. The van der Waals surface area contributed by atoms with Crippen LogP contribution in [0.4, 0.5) is 10.2 Å². The van der Waals surface area contributed by atoms with Crippen molar-refractivity contribution < 1.29 is 18.6 Å². The van der Waals surface area contributed by atoms with Gasteiger partial charge in [-0.25, -0.2) is 18.4 Å². The molecule has 0 bridgehead atoms. The van der Waals surface area contributed by atoms with Gasteiger partial charge in [0.15, 0.2) is 5.69 Å². The molecule has 2 heterocycles. The van der Waals surface area contributed by atoms with Gasteiger partial charge >= 0.3 is 5.76 Å². The molecular formula is C12H9BrFN5O4. The van der Waals surface area contributed by atoms with E-state index in [9.17, 15) is 9.18 Å². The maximum atomic E-state index is 13.2. The van der Waals surface area contributed by atoms with E-state index in [4.69, 9.17) is 5.11 Å². The third-order valence-electron chi connectivity index (χ3n) is 2.86. The summed E-state index contributed by atoms with van der Waals surface area (Å²) in [5, 5.41) is 22.6. The van der Waals surface area contributed by atoms with Crippen molar-refractivity contribution in [2.45, 2.75) is 0 Å². The Hall–Kier alpha value is -2.53. The van der Waals surface area contributed by atoms with Gasteiger partial charge < -0.3 is 10.4 Å². The molecule has 2 N–H and O–H groups in total. The van der Waals surface area contributed by atoms with E-state index in [0.717, 1.165) is 4.57 Å². The number of hydrogen-bond donors (Lipinski definition) is 2. The van der Waals surface area contributed by atoms with Crippen LogP contribution in [0.15, 0.2) is 36.6 Å². The zero-order chi connectivity index (χ0) is 16.4. The van der Waals surface area contributed by atoms with Gasteiger partial charge in [-0.1, -0.05) is 5.16 Å². The molecule has 0 spiro atoms. The average Bonchev–Trinajstić information content (AvgIpc) is 3.12. The summed E-state index contributed by atoms with van der Waals surface area (Å²) in [5.41, 5.74) is 0.421. The summed E-state index contributed by atoms with van der Waals surface area (Å²) in [6, 6.07) is 3.77. The number of nitrogens with one attached hydrogen (secondary N) is 1. The topological polar surface area (TPSA) is 119 Å². The van der Waals surface area contributed by atoms with E-state index >= 15 is 0 Å². The highest BCUT2D eigenvalue weighted by atomic mass is 79.9. The largest absolute Gasteiger partial charge is 0.446 e. The van der Waals surface area contributed by atoms with Crippen LogP contribution in [0.5, 0.6) is 0 Å². The van der Waals surface area contributed by atoms with Crippen molar-refractivity contribution in [3.63, 3.8) is 0 Å². The lowest BCUT2D eigenvalue weighted by Gasteiger charge is -2.06. The van der Waals surface area contributed by atoms with Crippen molar-refractivity contribution in [2.75, 3.05) is 18.5 Å². The van der Waals surface area contributed by atoms with Crippen molar-refractivity contribution in [1.82, 2.24) is 20.0 Å². The van der Waals surface area contributed by atoms with Crippen LogP contribution >= 0.6 is 15.9 Å². The monoisotopic (exact) mass is 385 g/mol. The van der Waals surface area contributed by atoms with Crippen molar-refractivity contribution in [3.8, 4) is 17.2 Å². The standard InChI is InChI=1S/C12H9BrFN5O4/c13-7-5-6(14)1-2-8(7)19-11(18-22-12(19)21)9-10(15-3-4-20)17-23-16-9/h1-2,5,20H,3-4H2,(H,15,17). The lowest BCUT2D eigenvalue weighted by Crippen LogP contribution is -2.15. The predicted octanol–water partition coefficient (Wildman–Crippen LogP) is 1.18. The SMILES string of the molecule is O=c1onc(-c2nonc2NCCO)n1-c1ccc(F)cc1Br. The van der Waals surface area contributed by atoms with Crippen LogP contribution in [-0.4, -0.2) is 38.3 Å². The number of rotatable bonds is 5. The summed E-state index contributed by atoms with van der Waals surface area (Å²) < 4.78 is 24.0. The second kappa shape index (κ2) is 6.30. The number of aliphatic hydroxyl groups is 1. The molecule has 0 aliphatic carbocycles. The summed E-state index contributed by atoms with van der Waals surface area (Å²) in [5.74, 6) is -1.06. The number of benzene rings is 1. The maximum Gasteiger partial charge on any atom is 0.446 e. The van der Waals surface area contributed by atoms with Crippen LogP contribution in [0, 0.1) is 5.82 Å². The highest BCUT2D eigenvalue weighted by Crippen LogP contribution is 2.27. The molecule has 0 fully saturated rings. The van der Waals surface area contributed by atoms with Crippen molar-refractivity contribution >= 4 is 21.7 Å². The molecule has 3 rings (SSSR count). The Labute approximate surface area is 135 Å². The summed E-state index contributed by atoms with van der Waals surface area (Å²) >= 11 is 3.18.